The highest BCUT2D eigenvalue weighted by Gasteiger charge is 2.47. The number of unbranched alkanes of at least 4 members (excludes halogenated alkanes) is 38. The highest BCUT2D eigenvalue weighted by atomic mass is 16.7. The van der Waals surface area contributed by atoms with Crippen LogP contribution in [0.25, 0.3) is 0 Å². The minimum absolute atomic E-state index is 0.0712. The van der Waals surface area contributed by atoms with Gasteiger partial charge in [-0.2, -0.15) is 0 Å². The van der Waals surface area contributed by atoms with E-state index in [2.05, 4.69) is 13.8 Å². The summed E-state index contributed by atoms with van der Waals surface area (Å²) in [5.41, 5.74) is 0. The van der Waals surface area contributed by atoms with E-state index in [0.717, 1.165) is 44.9 Å². The Morgan fingerprint density at radius 3 is 1.09 bits per heavy atom. The number of carbonyl (C=O) groups excluding carboxylic acids is 1. The van der Waals surface area contributed by atoms with Crippen LogP contribution in [0.15, 0.2) is 0 Å². The normalized spacial score (nSPS) is 24.7. The number of esters is 1. The van der Waals surface area contributed by atoms with Crippen molar-refractivity contribution in [3.8, 4) is 0 Å². The van der Waals surface area contributed by atoms with Gasteiger partial charge < -0.3 is 64.2 Å². The molecule has 0 aliphatic carbocycles. The molecule has 0 aromatic carbocycles. The minimum Gasteiger partial charge on any atom is -0.457 e. The average Bonchev–Trinajstić information content (AvgIpc) is 3.40. The molecule has 440 valence electrons. The Balaban J connectivity index is 1.67. The van der Waals surface area contributed by atoms with E-state index in [4.69, 9.17) is 28.4 Å². The van der Waals surface area contributed by atoms with Gasteiger partial charge in [0.25, 0.3) is 0 Å². The first kappa shape index (κ1) is 69.1. The van der Waals surface area contributed by atoms with Gasteiger partial charge in [0.1, 0.15) is 54.9 Å². The maximum Gasteiger partial charge on any atom is 0.306 e. The SMILES string of the molecule is CCCCCCCCCCCCCCCCCCCCCCCCOCC(COC1OC(COC2OC(CO)C(O)C(O)C2O)C(O)C(O)C1O)OC(=O)CCCCCCCCCCCCCCCCCCCC. The summed E-state index contributed by atoms with van der Waals surface area (Å²) in [4.78, 5) is 13.1. The molecule has 0 bridgehead atoms. The molecule has 2 saturated heterocycles. The Labute approximate surface area is 451 Å². The van der Waals surface area contributed by atoms with E-state index in [9.17, 15) is 40.5 Å². The zero-order chi connectivity index (χ0) is 53.7. The molecule has 7 N–H and O–H groups in total. The van der Waals surface area contributed by atoms with Gasteiger partial charge in [-0.3, -0.25) is 4.79 Å². The van der Waals surface area contributed by atoms with Gasteiger partial charge in [-0.1, -0.05) is 258 Å². The van der Waals surface area contributed by atoms with Crippen LogP contribution in [0.5, 0.6) is 0 Å². The number of hydrogen-bond donors (Lipinski definition) is 7. The Hall–Kier alpha value is -1.01. The second-order valence-corrected chi connectivity index (χ2v) is 22.3. The molecule has 11 unspecified atom stereocenters. The van der Waals surface area contributed by atoms with Crippen LogP contribution in [0, 0.1) is 0 Å². The van der Waals surface area contributed by atoms with Crippen LogP contribution in [0.3, 0.4) is 0 Å². The maximum atomic E-state index is 13.1. The predicted octanol–water partition coefficient (Wildman–Crippen LogP) is 11.6. The lowest BCUT2D eigenvalue weighted by atomic mass is 9.98. The van der Waals surface area contributed by atoms with E-state index in [0.29, 0.717) is 6.61 Å². The summed E-state index contributed by atoms with van der Waals surface area (Å²) in [7, 11) is 0. The summed E-state index contributed by atoms with van der Waals surface area (Å²) in [6.07, 6.45) is 36.0. The van der Waals surface area contributed by atoms with E-state index in [1.807, 2.05) is 0 Å². The molecule has 2 aliphatic heterocycles. The molecule has 0 amide bonds. The van der Waals surface area contributed by atoms with Gasteiger partial charge in [-0.05, 0) is 12.8 Å². The van der Waals surface area contributed by atoms with Gasteiger partial charge in [-0.15, -0.1) is 0 Å². The molecule has 0 spiro atoms. The summed E-state index contributed by atoms with van der Waals surface area (Å²) >= 11 is 0. The standard InChI is InChI=1S/C60H116O14/c1-3-5-7-9-11-13-15-17-19-21-23-24-25-26-28-30-32-34-36-38-40-42-44-69-46-49(72-52(62)43-41-39-37-35-33-31-29-27-22-20-18-16-14-12-10-8-6-4-2)47-70-59-58(68)56(66)54(64)51(74-59)48-71-60-57(67)55(65)53(63)50(45-61)73-60/h49-51,53-61,63-68H,3-48H2,1-2H3. The molecular weight excluding hydrogens is 945 g/mol. The van der Waals surface area contributed by atoms with Crippen molar-refractivity contribution in [3.63, 3.8) is 0 Å². The lowest BCUT2D eigenvalue weighted by Crippen LogP contribution is -2.61. The number of aliphatic hydroxyl groups excluding tert-OH is 7. The molecular formula is C60H116O14. The van der Waals surface area contributed by atoms with Crippen LogP contribution in [0.4, 0.5) is 0 Å². The second kappa shape index (κ2) is 47.9. The lowest BCUT2D eigenvalue weighted by Gasteiger charge is -2.42. The van der Waals surface area contributed by atoms with Gasteiger partial charge in [0, 0.05) is 13.0 Å². The molecule has 2 heterocycles. The van der Waals surface area contributed by atoms with E-state index < -0.39 is 80.7 Å². The fourth-order valence-electron chi connectivity index (χ4n) is 10.3. The number of rotatable bonds is 52. The summed E-state index contributed by atoms with van der Waals surface area (Å²) in [5, 5.41) is 72.4. The summed E-state index contributed by atoms with van der Waals surface area (Å²) in [6, 6.07) is 0. The first-order valence-corrected chi connectivity index (χ1v) is 31.1. The average molecular weight is 1060 g/mol. The van der Waals surface area contributed by atoms with Crippen molar-refractivity contribution in [2.24, 2.45) is 0 Å². The zero-order valence-electron chi connectivity index (χ0n) is 47.4. The molecule has 0 saturated carbocycles. The quantitative estimate of drug-likeness (QED) is 0.0223. The van der Waals surface area contributed by atoms with Crippen LogP contribution in [0.2, 0.25) is 0 Å². The first-order chi connectivity index (χ1) is 36.1. The van der Waals surface area contributed by atoms with Crippen LogP contribution < -0.4 is 0 Å². The highest BCUT2D eigenvalue weighted by molar-refractivity contribution is 5.69. The van der Waals surface area contributed by atoms with Crippen molar-refractivity contribution in [2.45, 2.75) is 345 Å². The Morgan fingerprint density at radius 2 is 0.716 bits per heavy atom. The van der Waals surface area contributed by atoms with Gasteiger partial charge in [-0.25, -0.2) is 0 Å². The third-order valence-corrected chi connectivity index (χ3v) is 15.4. The molecule has 0 aromatic rings. The van der Waals surface area contributed by atoms with Crippen molar-refractivity contribution >= 4 is 5.97 Å². The number of carbonyl (C=O) groups is 1. The molecule has 0 aromatic heterocycles. The fraction of sp³-hybridized carbons (Fsp3) is 0.983. The van der Waals surface area contributed by atoms with Gasteiger partial charge in [0.2, 0.25) is 0 Å². The van der Waals surface area contributed by atoms with Crippen molar-refractivity contribution in [3.05, 3.63) is 0 Å². The number of aliphatic hydroxyl groups is 7. The Morgan fingerprint density at radius 1 is 0.392 bits per heavy atom. The van der Waals surface area contributed by atoms with Crippen LogP contribution in [-0.2, 0) is 33.2 Å². The highest BCUT2D eigenvalue weighted by Crippen LogP contribution is 2.27. The largest absolute Gasteiger partial charge is 0.457 e. The molecule has 14 heteroatoms. The van der Waals surface area contributed by atoms with E-state index in [1.54, 1.807) is 0 Å². The topological polar surface area (TPSA) is 214 Å². The monoisotopic (exact) mass is 1060 g/mol. The molecule has 74 heavy (non-hydrogen) atoms. The third-order valence-electron chi connectivity index (χ3n) is 15.4. The van der Waals surface area contributed by atoms with Crippen molar-refractivity contribution in [1.82, 2.24) is 0 Å². The summed E-state index contributed by atoms with van der Waals surface area (Å²) in [5.74, 6) is -0.366. The summed E-state index contributed by atoms with van der Waals surface area (Å²) < 4.78 is 34.5. The molecule has 2 fully saturated rings. The fourth-order valence-corrected chi connectivity index (χ4v) is 10.3. The number of hydrogen-bond acceptors (Lipinski definition) is 14. The predicted molar refractivity (Wildman–Crippen MR) is 294 cm³/mol. The zero-order valence-corrected chi connectivity index (χ0v) is 47.4. The minimum atomic E-state index is -1.70. The molecule has 2 rings (SSSR count). The molecule has 2 aliphatic rings. The van der Waals surface area contributed by atoms with Gasteiger partial charge >= 0.3 is 5.97 Å². The van der Waals surface area contributed by atoms with E-state index >= 15 is 0 Å². The van der Waals surface area contributed by atoms with Crippen LogP contribution in [-0.4, -0.2) is 142 Å². The third kappa shape index (κ3) is 34.1. The van der Waals surface area contributed by atoms with Gasteiger partial charge in [0.15, 0.2) is 12.6 Å². The van der Waals surface area contributed by atoms with Crippen molar-refractivity contribution < 1.29 is 69.0 Å². The second-order valence-electron chi connectivity index (χ2n) is 22.3. The lowest BCUT2D eigenvalue weighted by molar-refractivity contribution is -0.332. The number of ether oxygens (including phenoxy) is 6. The molecule has 11 atom stereocenters. The van der Waals surface area contributed by atoms with Gasteiger partial charge in [0.05, 0.1) is 26.4 Å². The van der Waals surface area contributed by atoms with Crippen LogP contribution >= 0.6 is 0 Å². The van der Waals surface area contributed by atoms with E-state index in [1.165, 1.54) is 212 Å². The molecule has 14 nitrogen and oxygen atoms in total. The smallest absolute Gasteiger partial charge is 0.306 e. The molecule has 0 radical (unpaired) electrons. The van der Waals surface area contributed by atoms with Crippen molar-refractivity contribution in [2.75, 3.05) is 33.0 Å². The van der Waals surface area contributed by atoms with E-state index in [-0.39, 0.29) is 25.6 Å². The first-order valence-electron chi connectivity index (χ1n) is 31.1. The summed E-state index contributed by atoms with van der Waals surface area (Å²) in [6.45, 7) is 3.78. The maximum absolute atomic E-state index is 13.1. The van der Waals surface area contributed by atoms with Crippen LogP contribution in [0.1, 0.15) is 277 Å². The Bertz CT molecular complexity index is 1230. The van der Waals surface area contributed by atoms with Crippen molar-refractivity contribution in [1.29, 1.82) is 0 Å². The Kier molecular flexibility index (Phi) is 44.8.